The highest BCUT2D eigenvalue weighted by Crippen LogP contribution is 2.27. The molecule has 2 aromatic heterocycles. The van der Waals surface area contributed by atoms with Crippen LogP contribution >= 0.6 is 11.3 Å². The van der Waals surface area contributed by atoms with Gasteiger partial charge in [0, 0.05) is 12.6 Å². The zero-order chi connectivity index (χ0) is 24.6. The maximum atomic E-state index is 13.6. The quantitative estimate of drug-likeness (QED) is 0.456. The molecule has 0 saturated heterocycles. The van der Waals surface area contributed by atoms with Crippen molar-refractivity contribution in [3.63, 3.8) is 0 Å². The average Bonchev–Trinajstić information content (AvgIpc) is 3.56. The minimum atomic E-state index is -0.947. The third-order valence-electron chi connectivity index (χ3n) is 6.20. The number of carbonyl (C=O) groups is 3. The summed E-state index contributed by atoms with van der Waals surface area (Å²) >= 11 is 1.31. The topological polar surface area (TPSA) is 91.7 Å². The lowest BCUT2D eigenvalue weighted by molar-refractivity contribution is -0.142. The molecular formula is C27H31N3O4S. The van der Waals surface area contributed by atoms with Gasteiger partial charge in [0.05, 0.1) is 11.4 Å². The van der Waals surface area contributed by atoms with E-state index < -0.39 is 6.04 Å². The lowest BCUT2D eigenvalue weighted by Gasteiger charge is -2.32. The number of nitrogens with one attached hydrogen (secondary N) is 2. The largest absolute Gasteiger partial charge is 0.464 e. The van der Waals surface area contributed by atoms with Crippen LogP contribution < -0.4 is 10.6 Å². The summed E-state index contributed by atoms with van der Waals surface area (Å²) in [7, 11) is 0. The summed E-state index contributed by atoms with van der Waals surface area (Å²) in [6.45, 7) is 1.79. The van der Waals surface area contributed by atoms with Gasteiger partial charge >= 0.3 is 0 Å². The molecule has 1 saturated carbocycles. The number of aryl methyl sites for hydroxylation is 1. The number of furan rings is 1. The van der Waals surface area contributed by atoms with Crippen molar-refractivity contribution in [2.45, 2.75) is 57.7 Å². The van der Waals surface area contributed by atoms with Crippen LogP contribution in [0, 0.1) is 6.92 Å². The van der Waals surface area contributed by atoms with Gasteiger partial charge in [-0.25, -0.2) is 0 Å². The molecule has 4 rings (SSSR count). The van der Waals surface area contributed by atoms with Gasteiger partial charge in [-0.1, -0.05) is 55.7 Å². The van der Waals surface area contributed by atoms with E-state index >= 15 is 0 Å². The summed E-state index contributed by atoms with van der Waals surface area (Å²) in [4.78, 5) is 41.7. The zero-order valence-electron chi connectivity index (χ0n) is 19.9. The first kappa shape index (κ1) is 24.7. The number of thiophene rings is 1. The molecule has 1 aliphatic carbocycles. The highest BCUT2D eigenvalue weighted by Gasteiger charge is 2.35. The summed E-state index contributed by atoms with van der Waals surface area (Å²) in [6.07, 6.45) is 5.20. The molecule has 1 aliphatic rings. The van der Waals surface area contributed by atoms with Crippen LogP contribution in [0.2, 0.25) is 0 Å². The van der Waals surface area contributed by atoms with Gasteiger partial charge in [-0.15, -0.1) is 11.3 Å². The Morgan fingerprint density at radius 1 is 1.03 bits per heavy atom. The lowest BCUT2D eigenvalue weighted by atomic mass is 9.95. The molecule has 35 heavy (non-hydrogen) atoms. The van der Waals surface area contributed by atoms with Crippen molar-refractivity contribution in [2.24, 2.45) is 0 Å². The molecule has 1 fully saturated rings. The van der Waals surface area contributed by atoms with Crippen molar-refractivity contribution >= 4 is 29.1 Å². The molecule has 0 spiro atoms. The van der Waals surface area contributed by atoms with Crippen LogP contribution in [0.5, 0.6) is 0 Å². The minimum absolute atomic E-state index is 0.0852. The number of amides is 3. The van der Waals surface area contributed by atoms with E-state index in [1.54, 1.807) is 24.3 Å². The number of hydrogen-bond acceptors (Lipinski definition) is 5. The molecule has 3 amide bonds. The Bertz CT molecular complexity index is 1120. The van der Waals surface area contributed by atoms with Crippen molar-refractivity contribution in [3.05, 3.63) is 81.9 Å². The van der Waals surface area contributed by atoms with E-state index in [2.05, 4.69) is 10.6 Å². The molecule has 0 bridgehead atoms. The molecule has 2 heterocycles. The molecule has 1 atom stereocenters. The van der Waals surface area contributed by atoms with Crippen molar-refractivity contribution in [3.8, 4) is 0 Å². The molecule has 8 heteroatoms. The van der Waals surface area contributed by atoms with E-state index in [1.165, 1.54) is 22.7 Å². The van der Waals surface area contributed by atoms with E-state index in [0.717, 1.165) is 31.2 Å². The molecule has 7 nitrogen and oxygen atoms in total. The van der Waals surface area contributed by atoms with Gasteiger partial charge in [0.25, 0.3) is 11.8 Å². The molecule has 3 aromatic rings. The van der Waals surface area contributed by atoms with Crippen molar-refractivity contribution in [1.29, 1.82) is 0 Å². The van der Waals surface area contributed by atoms with Crippen LogP contribution in [0.3, 0.4) is 0 Å². The van der Waals surface area contributed by atoms with Gasteiger partial charge < -0.3 is 20.0 Å². The molecular weight excluding hydrogens is 462 g/mol. The van der Waals surface area contributed by atoms with Crippen LogP contribution in [0.4, 0.5) is 0 Å². The van der Waals surface area contributed by atoms with Gasteiger partial charge in [-0.2, -0.15) is 0 Å². The summed E-state index contributed by atoms with van der Waals surface area (Å²) < 4.78 is 5.87. The molecule has 1 unspecified atom stereocenters. The van der Waals surface area contributed by atoms with E-state index in [-0.39, 0.29) is 36.9 Å². The Morgan fingerprint density at radius 3 is 2.46 bits per heavy atom. The molecule has 0 aliphatic heterocycles. The summed E-state index contributed by atoms with van der Waals surface area (Å²) in [5.74, 6) is 0.125. The second kappa shape index (κ2) is 11.8. The zero-order valence-corrected chi connectivity index (χ0v) is 20.7. The first-order valence-electron chi connectivity index (χ1n) is 12.0. The van der Waals surface area contributed by atoms with Crippen LogP contribution in [-0.4, -0.2) is 35.2 Å². The predicted octanol–water partition coefficient (Wildman–Crippen LogP) is 4.60. The molecule has 0 radical (unpaired) electrons. The second-order valence-corrected chi connectivity index (χ2v) is 9.81. The number of hydrogen-bond donors (Lipinski definition) is 2. The number of carbonyl (C=O) groups excluding carboxylic acids is 3. The first-order chi connectivity index (χ1) is 17.0. The molecule has 1 aromatic carbocycles. The Morgan fingerprint density at radius 2 is 1.80 bits per heavy atom. The van der Waals surface area contributed by atoms with Gasteiger partial charge in [-0.3, -0.25) is 14.4 Å². The molecule has 2 N–H and O–H groups in total. The van der Waals surface area contributed by atoms with Gasteiger partial charge in [0.2, 0.25) is 5.91 Å². The number of rotatable bonds is 9. The second-order valence-electron chi connectivity index (χ2n) is 8.86. The number of nitrogens with zero attached hydrogens (tertiary/aromatic N) is 1. The number of benzene rings is 1. The fraction of sp³-hybridized carbons (Fsp3) is 0.370. The third kappa shape index (κ3) is 6.60. The standard InChI is InChI=1S/C27H31N3O4S/c1-19-14-15-22(34-19)25(27(33)29-21-11-6-3-7-12-21)30(18-20-9-4-2-5-10-20)24(31)17-28-26(32)23-13-8-16-35-23/h2,4-5,8-10,13-16,21,25H,3,6-7,11-12,17-18H2,1H3,(H,28,32)(H,29,33). The highest BCUT2D eigenvalue weighted by atomic mass is 32.1. The normalized spacial score (nSPS) is 14.8. The first-order valence-corrected chi connectivity index (χ1v) is 12.9. The fourth-order valence-corrected chi connectivity index (χ4v) is 5.05. The SMILES string of the molecule is Cc1ccc(C(C(=O)NC2CCCCC2)N(Cc2ccccc2)C(=O)CNC(=O)c2cccs2)o1. The fourth-order valence-electron chi connectivity index (χ4n) is 4.41. The predicted molar refractivity (Wildman–Crippen MR) is 135 cm³/mol. The Labute approximate surface area is 209 Å². The average molecular weight is 494 g/mol. The monoisotopic (exact) mass is 493 g/mol. The van der Waals surface area contributed by atoms with Gasteiger partial charge in [0.15, 0.2) is 6.04 Å². The summed E-state index contributed by atoms with van der Waals surface area (Å²) in [5, 5.41) is 7.67. The van der Waals surface area contributed by atoms with Crippen molar-refractivity contribution in [1.82, 2.24) is 15.5 Å². The van der Waals surface area contributed by atoms with Gasteiger partial charge in [0.1, 0.15) is 11.5 Å². The van der Waals surface area contributed by atoms with Crippen LogP contribution in [0.25, 0.3) is 0 Å². The Hall–Kier alpha value is -3.39. The lowest BCUT2D eigenvalue weighted by Crippen LogP contribution is -2.49. The molecule has 184 valence electrons. The summed E-state index contributed by atoms with van der Waals surface area (Å²) in [5.41, 5.74) is 0.879. The van der Waals surface area contributed by atoms with E-state index in [0.29, 0.717) is 16.4 Å². The van der Waals surface area contributed by atoms with Crippen molar-refractivity contribution < 1.29 is 18.8 Å². The van der Waals surface area contributed by atoms with Crippen molar-refractivity contribution in [2.75, 3.05) is 6.54 Å². The van der Waals surface area contributed by atoms with E-state index in [4.69, 9.17) is 4.42 Å². The third-order valence-corrected chi connectivity index (χ3v) is 7.07. The van der Waals surface area contributed by atoms with E-state index in [9.17, 15) is 14.4 Å². The Kier molecular flexibility index (Phi) is 8.36. The minimum Gasteiger partial charge on any atom is -0.464 e. The van der Waals surface area contributed by atoms with Crippen LogP contribution in [-0.2, 0) is 16.1 Å². The maximum Gasteiger partial charge on any atom is 0.261 e. The highest BCUT2D eigenvalue weighted by molar-refractivity contribution is 7.12. The Balaban J connectivity index is 1.60. The smallest absolute Gasteiger partial charge is 0.261 e. The van der Waals surface area contributed by atoms with Crippen LogP contribution in [0.1, 0.15) is 64.9 Å². The van der Waals surface area contributed by atoms with E-state index in [1.807, 2.05) is 42.6 Å². The summed E-state index contributed by atoms with van der Waals surface area (Å²) in [6, 6.07) is 15.7. The van der Waals surface area contributed by atoms with Crippen LogP contribution in [0.15, 0.2) is 64.4 Å². The maximum absolute atomic E-state index is 13.6. The van der Waals surface area contributed by atoms with Gasteiger partial charge in [-0.05, 0) is 48.9 Å².